The van der Waals surface area contributed by atoms with E-state index in [4.69, 9.17) is 31.2 Å². The molecule has 0 unspecified atom stereocenters. The van der Waals surface area contributed by atoms with Gasteiger partial charge in [-0.15, -0.1) is 0 Å². The van der Waals surface area contributed by atoms with Crippen molar-refractivity contribution in [2.24, 2.45) is 4.99 Å². The standard InChI is InChI=1S/C30H34ClN3O6S/c1-22-30(17-21-41(37,38)26-9-3-2-4-10-26,29(36)34-32-18-16-23-8-5-6-11-27(23)31)33-28(40-22)24-12-14-25(15-13-24)39-20-7-19-35/h2-6,8-15,22,32,35H,7,16-21H2,1H3,(H,34,36)/t22-,30-/m0/s1. The van der Waals surface area contributed by atoms with Gasteiger partial charge in [0, 0.05) is 30.2 Å². The van der Waals surface area contributed by atoms with E-state index in [1.165, 1.54) is 12.1 Å². The number of rotatable bonds is 14. The van der Waals surface area contributed by atoms with Crippen LogP contribution in [-0.4, -0.2) is 62.5 Å². The Bertz CT molecular complexity index is 1450. The summed E-state index contributed by atoms with van der Waals surface area (Å²) in [5, 5.41) is 9.59. The van der Waals surface area contributed by atoms with Crippen molar-refractivity contribution in [3.63, 3.8) is 0 Å². The number of benzene rings is 3. The van der Waals surface area contributed by atoms with E-state index in [0.29, 0.717) is 42.3 Å². The van der Waals surface area contributed by atoms with Crippen molar-refractivity contribution in [1.29, 1.82) is 0 Å². The van der Waals surface area contributed by atoms with Crippen molar-refractivity contribution in [1.82, 2.24) is 10.9 Å². The lowest BCUT2D eigenvalue weighted by Crippen LogP contribution is -2.55. The molecule has 1 amide bonds. The molecule has 0 fully saturated rings. The lowest BCUT2D eigenvalue weighted by molar-refractivity contribution is -0.129. The summed E-state index contributed by atoms with van der Waals surface area (Å²) in [7, 11) is -3.68. The minimum Gasteiger partial charge on any atom is -0.494 e. The van der Waals surface area contributed by atoms with Crippen LogP contribution in [0.1, 0.15) is 30.9 Å². The molecule has 3 aromatic rings. The van der Waals surface area contributed by atoms with Gasteiger partial charge in [0.2, 0.25) is 5.90 Å². The molecular formula is C30H34ClN3O6S. The Morgan fingerprint density at radius 3 is 2.49 bits per heavy atom. The minimum absolute atomic E-state index is 0.0413. The molecule has 3 aromatic carbocycles. The van der Waals surface area contributed by atoms with Gasteiger partial charge >= 0.3 is 0 Å². The van der Waals surface area contributed by atoms with Crippen molar-refractivity contribution in [2.45, 2.75) is 42.7 Å². The van der Waals surface area contributed by atoms with Gasteiger partial charge in [-0.3, -0.25) is 10.2 Å². The van der Waals surface area contributed by atoms with E-state index in [0.717, 1.165) is 5.56 Å². The maximum absolute atomic E-state index is 13.7. The highest BCUT2D eigenvalue weighted by Gasteiger charge is 2.50. The normalized spacial score (nSPS) is 18.4. The molecule has 0 saturated carbocycles. The van der Waals surface area contributed by atoms with Crippen LogP contribution in [0.15, 0.2) is 88.8 Å². The smallest absolute Gasteiger partial charge is 0.266 e. The molecule has 11 heteroatoms. The number of hydrogen-bond donors (Lipinski definition) is 3. The number of aliphatic hydroxyl groups excluding tert-OH is 1. The third kappa shape index (κ3) is 7.65. The number of hydrogen-bond acceptors (Lipinski definition) is 8. The number of nitrogens with zero attached hydrogens (tertiary/aromatic N) is 1. The second-order valence-corrected chi connectivity index (χ2v) is 12.2. The number of aliphatic imine (C=N–C) groups is 1. The number of carbonyl (C=O) groups is 1. The number of ether oxygens (including phenoxy) is 2. The van der Waals surface area contributed by atoms with Crippen LogP contribution < -0.4 is 15.6 Å². The van der Waals surface area contributed by atoms with Crippen LogP contribution in [0, 0.1) is 0 Å². The van der Waals surface area contributed by atoms with E-state index in [9.17, 15) is 13.2 Å². The number of nitrogens with one attached hydrogen (secondary N) is 2. The molecule has 1 aliphatic rings. The fraction of sp³-hybridized carbons (Fsp3) is 0.333. The van der Waals surface area contributed by atoms with Crippen molar-refractivity contribution in [3.05, 3.63) is 95.0 Å². The Morgan fingerprint density at radius 1 is 1.07 bits per heavy atom. The summed E-state index contributed by atoms with van der Waals surface area (Å²) < 4.78 is 37.9. The predicted molar refractivity (Wildman–Crippen MR) is 158 cm³/mol. The van der Waals surface area contributed by atoms with Crippen LogP contribution in [-0.2, 0) is 25.8 Å². The van der Waals surface area contributed by atoms with Gasteiger partial charge in [0.25, 0.3) is 5.91 Å². The molecule has 0 bridgehead atoms. The van der Waals surface area contributed by atoms with Gasteiger partial charge in [-0.1, -0.05) is 48.0 Å². The average Bonchev–Trinajstić information content (AvgIpc) is 3.33. The molecule has 1 heterocycles. The SMILES string of the molecule is C[C@@H]1OC(c2ccc(OCCCO)cc2)=N[C@]1(CCS(=O)(=O)c1ccccc1)C(=O)NNCCc1ccccc1Cl. The van der Waals surface area contributed by atoms with Crippen LogP contribution in [0.2, 0.25) is 5.02 Å². The van der Waals surface area contributed by atoms with Crippen LogP contribution in [0.5, 0.6) is 5.75 Å². The number of sulfone groups is 1. The molecule has 3 N–H and O–H groups in total. The Morgan fingerprint density at radius 2 is 1.78 bits per heavy atom. The maximum Gasteiger partial charge on any atom is 0.266 e. The summed E-state index contributed by atoms with van der Waals surface area (Å²) in [6.45, 7) is 2.53. The van der Waals surface area contributed by atoms with Gasteiger partial charge in [0.1, 0.15) is 11.9 Å². The zero-order chi connectivity index (χ0) is 29.3. The lowest BCUT2D eigenvalue weighted by Gasteiger charge is -2.28. The molecule has 0 aliphatic carbocycles. The molecule has 41 heavy (non-hydrogen) atoms. The van der Waals surface area contributed by atoms with Gasteiger partial charge in [-0.05, 0) is 67.8 Å². The zero-order valence-corrected chi connectivity index (χ0v) is 24.3. The first kappa shape index (κ1) is 30.5. The van der Waals surface area contributed by atoms with E-state index in [1.54, 1.807) is 55.5 Å². The zero-order valence-electron chi connectivity index (χ0n) is 22.8. The summed E-state index contributed by atoms with van der Waals surface area (Å²) >= 11 is 6.24. The van der Waals surface area contributed by atoms with Gasteiger partial charge in [-0.2, -0.15) is 0 Å². The highest BCUT2D eigenvalue weighted by atomic mass is 35.5. The van der Waals surface area contributed by atoms with E-state index in [-0.39, 0.29) is 29.6 Å². The second kappa shape index (κ2) is 14.0. The van der Waals surface area contributed by atoms with Crippen molar-refractivity contribution < 1.29 is 27.8 Å². The molecular weight excluding hydrogens is 566 g/mol. The topological polar surface area (TPSA) is 126 Å². The Hall–Kier alpha value is -3.44. The molecule has 218 valence electrons. The van der Waals surface area contributed by atoms with Crippen LogP contribution in [0.25, 0.3) is 0 Å². The first-order chi connectivity index (χ1) is 19.7. The summed E-state index contributed by atoms with van der Waals surface area (Å²) in [5.41, 5.74) is 5.71. The molecule has 1 aliphatic heterocycles. The summed E-state index contributed by atoms with van der Waals surface area (Å²) in [4.78, 5) is 18.6. The third-order valence-corrected chi connectivity index (χ3v) is 8.96. The monoisotopic (exact) mass is 599 g/mol. The highest BCUT2D eigenvalue weighted by Crippen LogP contribution is 2.33. The van der Waals surface area contributed by atoms with Gasteiger partial charge < -0.3 is 14.6 Å². The van der Waals surface area contributed by atoms with Crippen LogP contribution in [0.4, 0.5) is 0 Å². The molecule has 0 radical (unpaired) electrons. The Kier molecular flexibility index (Phi) is 10.4. The van der Waals surface area contributed by atoms with Crippen LogP contribution >= 0.6 is 11.6 Å². The fourth-order valence-electron chi connectivity index (χ4n) is 4.44. The number of halogens is 1. The fourth-order valence-corrected chi connectivity index (χ4v) is 6.05. The summed E-state index contributed by atoms with van der Waals surface area (Å²) in [6, 6.07) is 22.6. The number of hydrazine groups is 1. The molecule has 2 atom stereocenters. The Balaban J connectivity index is 1.53. The summed E-state index contributed by atoms with van der Waals surface area (Å²) in [6.07, 6.45) is 0.262. The lowest BCUT2D eigenvalue weighted by atomic mass is 9.90. The molecule has 0 saturated heterocycles. The van der Waals surface area contributed by atoms with Gasteiger partial charge in [0.05, 0.1) is 17.3 Å². The average molecular weight is 600 g/mol. The largest absolute Gasteiger partial charge is 0.494 e. The highest BCUT2D eigenvalue weighted by molar-refractivity contribution is 7.91. The van der Waals surface area contributed by atoms with Crippen molar-refractivity contribution in [2.75, 3.05) is 25.5 Å². The molecule has 0 aromatic heterocycles. The molecule has 4 rings (SSSR count). The van der Waals surface area contributed by atoms with E-state index < -0.39 is 27.4 Å². The van der Waals surface area contributed by atoms with Gasteiger partial charge in [0.15, 0.2) is 15.4 Å². The van der Waals surface area contributed by atoms with Crippen LogP contribution in [0.3, 0.4) is 0 Å². The quantitative estimate of drug-likeness (QED) is 0.190. The third-order valence-electron chi connectivity index (χ3n) is 6.86. The van der Waals surface area contributed by atoms with Crippen molar-refractivity contribution >= 4 is 33.2 Å². The number of amides is 1. The van der Waals surface area contributed by atoms with Crippen molar-refractivity contribution in [3.8, 4) is 5.75 Å². The molecule has 0 spiro atoms. The number of carbonyl (C=O) groups excluding carboxylic acids is 1. The van der Waals surface area contributed by atoms with E-state index in [2.05, 4.69) is 10.9 Å². The van der Waals surface area contributed by atoms with Gasteiger partial charge in [-0.25, -0.2) is 18.8 Å². The summed E-state index contributed by atoms with van der Waals surface area (Å²) in [5.74, 6) is 0.0650. The van der Waals surface area contributed by atoms with E-state index >= 15 is 0 Å². The number of aliphatic hydroxyl groups is 1. The predicted octanol–water partition coefficient (Wildman–Crippen LogP) is 3.73. The first-order valence-electron chi connectivity index (χ1n) is 13.4. The maximum atomic E-state index is 13.7. The molecule has 9 nitrogen and oxygen atoms in total. The first-order valence-corrected chi connectivity index (χ1v) is 15.4. The Labute approximate surface area is 245 Å². The van der Waals surface area contributed by atoms with E-state index in [1.807, 2.05) is 18.2 Å². The minimum atomic E-state index is -3.68. The second-order valence-electron chi connectivity index (χ2n) is 9.66.